The van der Waals surface area contributed by atoms with Crippen LogP contribution in [0.25, 0.3) is 0 Å². The third-order valence-corrected chi connectivity index (χ3v) is 4.01. The maximum absolute atomic E-state index is 11.4. The van der Waals surface area contributed by atoms with Gasteiger partial charge in [0.1, 0.15) is 5.82 Å². The summed E-state index contributed by atoms with van der Waals surface area (Å²) in [5.41, 5.74) is 6.07. The Balaban J connectivity index is 1.91. The molecule has 0 amide bonds. The van der Waals surface area contributed by atoms with E-state index >= 15 is 0 Å². The predicted molar refractivity (Wildman–Crippen MR) is 63.8 cm³/mol. The van der Waals surface area contributed by atoms with Gasteiger partial charge in [-0.2, -0.15) is 0 Å². The fraction of sp³-hybridized carbons (Fsp3) is 0.600. The number of fused-ring (bicyclic) bond motifs is 1. The van der Waals surface area contributed by atoms with Crippen LogP contribution in [0.5, 0.6) is 0 Å². The molecule has 16 heavy (non-hydrogen) atoms. The summed E-state index contributed by atoms with van der Waals surface area (Å²) in [7, 11) is 0. The van der Waals surface area contributed by atoms with Gasteiger partial charge in [0.2, 0.25) is 0 Å². The van der Waals surface area contributed by atoms with E-state index in [0.29, 0.717) is 13.0 Å². The lowest BCUT2D eigenvalue weighted by Gasteiger charge is -2.26. The lowest BCUT2D eigenvalue weighted by molar-refractivity contribution is -0.118. The van der Waals surface area contributed by atoms with Gasteiger partial charge in [-0.05, 0) is 6.42 Å². The molecule has 1 aromatic rings. The van der Waals surface area contributed by atoms with Gasteiger partial charge in [0.25, 0.3) is 0 Å². The fourth-order valence-corrected chi connectivity index (χ4v) is 3.19. The molecule has 0 radical (unpaired) electrons. The average molecular weight is 238 g/mol. The molecule has 2 aliphatic heterocycles. The number of hydrogen-bond acceptors (Lipinski definition) is 5. The number of anilines is 2. The molecule has 0 aromatic carbocycles. The van der Waals surface area contributed by atoms with Crippen LogP contribution in [0.4, 0.5) is 11.6 Å². The van der Waals surface area contributed by atoms with Crippen molar-refractivity contribution in [3.63, 3.8) is 0 Å². The van der Waals surface area contributed by atoms with Crippen LogP contribution in [-0.2, 0) is 11.3 Å². The highest BCUT2D eigenvalue weighted by Gasteiger charge is 2.26. The Hall–Kier alpha value is -1.17. The number of thioether (sulfide) groups is 1. The van der Waals surface area contributed by atoms with Gasteiger partial charge in [-0.3, -0.25) is 4.79 Å². The second-order valence-corrected chi connectivity index (χ2v) is 5.23. The van der Waals surface area contributed by atoms with E-state index < -0.39 is 0 Å². The van der Waals surface area contributed by atoms with E-state index in [4.69, 9.17) is 5.73 Å². The first kappa shape index (κ1) is 10.0. The molecule has 2 aliphatic rings. The first-order chi connectivity index (χ1) is 7.75. The average Bonchev–Trinajstić information content (AvgIpc) is 2.82. The van der Waals surface area contributed by atoms with Crippen molar-refractivity contribution in [2.24, 2.45) is 0 Å². The zero-order valence-electron chi connectivity index (χ0n) is 8.98. The number of rotatable bonds is 1. The van der Waals surface area contributed by atoms with Crippen LogP contribution < -0.4 is 10.6 Å². The van der Waals surface area contributed by atoms with Crippen LogP contribution in [0, 0.1) is 0 Å². The minimum Gasteiger partial charge on any atom is -0.382 e. The van der Waals surface area contributed by atoms with Crippen molar-refractivity contribution >= 4 is 29.2 Å². The predicted octanol–water partition coefficient (Wildman–Crippen LogP) is 0.740. The van der Waals surface area contributed by atoms with E-state index in [1.54, 1.807) is 11.8 Å². The van der Waals surface area contributed by atoms with Crippen molar-refractivity contribution in [2.75, 3.05) is 29.5 Å². The van der Waals surface area contributed by atoms with E-state index in [2.05, 4.69) is 4.98 Å². The van der Waals surface area contributed by atoms with Crippen molar-refractivity contribution in [3.05, 3.63) is 0 Å². The smallest absolute Gasteiger partial charge is 0.172 e. The minimum absolute atomic E-state index is 0.284. The van der Waals surface area contributed by atoms with E-state index in [1.807, 2.05) is 9.47 Å². The number of nitrogen functional groups attached to an aromatic ring is 1. The van der Waals surface area contributed by atoms with Gasteiger partial charge in [-0.1, -0.05) is 11.8 Å². The molecular weight excluding hydrogens is 224 g/mol. The maximum atomic E-state index is 11.4. The number of Topliss-reactive ketones (excluding diaryl/α,β-unsaturated/α-hetero) is 1. The summed E-state index contributed by atoms with van der Waals surface area (Å²) in [6, 6.07) is 0. The van der Waals surface area contributed by atoms with Gasteiger partial charge in [0, 0.05) is 25.3 Å². The van der Waals surface area contributed by atoms with E-state index in [9.17, 15) is 4.79 Å². The van der Waals surface area contributed by atoms with Gasteiger partial charge in [-0.15, -0.1) is 0 Å². The van der Waals surface area contributed by atoms with Crippen LogP contribution in [-0.4, -0.2) is 34.2 Å². The summed E-state index contributed by atoms with van der Waals surface area (Å²) >= 11 is 1.73. The molecule has 0 spiro atoms. The number of hydrogen-bond donors (Lipinski definition) is 1. The minimum atomic E-state index is 0.284. The third-order valence-electron chi connectivity index (χ3n) is 3.05. The van der Waals surface area contributed by atoms with Crippen LogP contribution in [0.1, 0.15) is 12.8 Å². The number of ketones is 1. The number of carbonyl (C=O) groups excluding carboxylic acids is 1. The highest BCUT2D eigenvalue weighted by Crippen LogP contribution is 2.34. The van der Waals surface area contributed by atoms with Crippen molar-refractivity contribution in [1.29, 1.82) is 0 Å². The molecule has 1 aromatic heterocycles. The molecule has 2 N–H and O–H groups in total. The lowest BCUT2D eigenvalue weighted by Crippen LogP contribution is -2.36. The molecular formula is C10H14N4OS. The van der Waals surface area contributed by atoms with Crippen LogP contribution in [0.2, 0.25) is 0 Å². The molecule has 3 rings (SSSR count). The van der Waals surface area contributed by atoms with Crippen molar-refractivity contribution in [1.82, 2.24) is 9.55 Å². The second kappa shape index (κ2) is 3.69. The maximum Gasteiger partial charge on any atom is 0.172 e. The number of imidazole rings is 1. The van der Waals surface area contributed by atoms with Gasteiger partial charge in [0.05, 0.1) is 6.54 Å². The van der Waals surface area contributed by atoms with Crippen molar-refractivity contribution < 1.29 is 4.79 Å². The Labute approximate surface area is 98.0 Å². The monoisotopic (exact) mass is 238 g/mol. The molecule has 1 fully saturated rings. The largest absolute Gasteiger partial charge is 0.382 e. The first-order valence-corrected chi connectivity index (χ1v) is 6.50. The molecule has 0 bridgehead atoms. The summed E-state index contributed by atoms with van der Waals surface area (Å²) in [5.74, 6) is 2.85. The quantitative estimate of drug-likeness (QED) is 0.782. The molecule has 3 heterocycles. The van der Waals surface area contributed by atoms with Crippen molar-refractivity contribution in [3.8, 4) is 0 Å². The molecule has 0 saturated carbocycles. The van der Waals surface area contributed by atoms with Gasteiger partial charge in [0.15, 0.2) is 16.8 Å². The van der Waals surface area contributed by atoms with E-state index in [1.165, 1.54) is 0 Å². The SMILES string of the molecule is Nc1c(N2CCCC(=O)C2)nc2n1CCS2. The van der Waals surface area contributed by atoms with E-state index in [0.717, 1.165) is 42.1 Å². The Morgan fingerprint density at radius 2 is 2.25 bits per heavy atom. The standard InChI is InChI=1S/C10H14N4OS/c11-8-9(12-10-14(8)4-5-16-10)13-3-1-2-7(15)6-13/h1-6,11H2. The Morgan fingerprint density at radius 1 is 1.38 bits per heavy atom. The molecule has 0 aliphatic carbocycles. The number of piperidine rings is 1. The Kier molecular flexibility index (Phi) is 2.31. The molecule has 0 unspecified atom stereocenters. The zero-order valence-corrected chi connectivity index (χ0v) is 9.79. The lowest BCUT2D eigenvalue weighted by atomic mass is 10.1. The second-order valence-electron chi connectivity index (χ2n) is 4.17. The summed E-state index contributed by atoms with van der Waals surface area (Å²) in [6.07, 6.45) is 1.60. The summed E-state index contributed by atoms with van der Waals surface area (Å²) in [4.78, 5) is 17.9. The topological polar surface area (TPSA) is 64.2 Å². The highest BCUT2D eigenvalue weighted by molar-refractivity contribution is 7.99. The summed E-state index contributed by atoms with van der Waals surface area (Å²) in [6.45, 7) is 2.28. The zero-order chi connectivity index (χ0) is 11.1. The fourth-order valence-electron chi connectivity index (χ4n) is 2.24. The molecule has 6 heteroatoms. The van der Waals surface area contributed by atoms with Gasteiger partial charge >= 0.3 is 0 Å². The molecule has 0 atom stereocenters. The van der Waals surface area contributed by atoms with E-state index in [-0.39, 0.29) is 5.78 Å². The normalized spacial score (nSPS) is 20.2. The van der Waals surface area contributed by atoms with Crippen LogP contribution >= 0.6 is 11.8 Å². The molecule has 86 valence electrons. The highest BCUT2D eigenvalue weighted by atomic mass is 32.2. The van der Waals surface area contributed by atoms with Crippen molar-refractivity contribution in [2.45, 2.75) is 24.5 Å². The van der Waals surface area contributed by atoms with Gasteiger partial charge in [-0.25, -0.2) is 4.98 Å². The van der Waals surface area contributed by atoms with Crippen LogP contribution in [0.15, 0.2) is 5.16 Å². The first-order valence-electron chi connectivity index (χ1n) is 5.51. The number of carbonyl (C=O) groups is 1. The molecule has 1 saturated heterocycles. The number of nitrogens with two attached hydrogens (primary N) is 1. The third kappa shape index (κ3) is 1.48. The Morgan fingerprint density at radius 3 is 3.00 bits per heavy atom. The van der Waals surface area contributed by atoms with Crippen LogP contribution in [0.3, 0.4) is 0 Å². The van der Waals surface area contributed by atoms with Gasteiger partial charge < -0.3 is 15.2 Å². The summed E-state index contributed by atoms with van der Waals surface area (Å²) in [5, 5.41) is 0.991. The summed E-state index contributed by atoms with van der Waals surface area (Å²) < 4.78 is 2.04. The number of nitrogens with zero attached hydrogens (tertiary/aromatic N) is 3. The molecule has 5 nitrogen and oxygen atoms in total. The Bertz CT molecular complexity index is 442. The number of aromatic nitrogens is 2.